The van der Waals surface area contributed by atoms with Crippen molar-refractivity contribution in [2.75, 3.05) is 6.54 Å². The second-order valence-corrected chi connectivity index (χ2v) is 7.95. The molecule has 6 heteroatoms. The van der Waals surface area contributed by atoms with Gasteiger partial charge in [-0.3, -0.25) is 9.59 Å². The number of carbonyl (C=O) groups is 2. The summed E-state index contributed by atoms with van der Waals surface area (Å²) in [6.07, 6.45) is 5.99. The van der Waals surface area contributed by atoms with E-state index >= 15 is 0 Å². The summed E-state index contributed by atoms with van der Waals surface area (Å²) < 4.78 is 0. The smallest absolute Gasteiger partial charge is 0.222 e. The number of hydrogen-bond donors (Lipinski definition) is 2. The Morgan fingerprint density at radius 1 is 1.15 bits per heavy atom. The molecule has 2 bridgehead atoms. The third-order valence-electron chi connectivity index (χ3n) is 5.97. The van der Waals surface area contributed by atoms with Crippen molar-refractivity contribution in [3.05, 3.63) is 35.9 Å². The second kappa shape index (κ2) is 10.1. The number of fused-ring (bicyclic) bond motifs is 2. The quantitative estimate of drug-likeness (QED) is 0.780. The molecule has 2 amide bonds. The number of nitrogens with two attached hydrogens (primary N) is 1. The van der Waals surface area contributed by atoms with E-state index in [1.54, 1.807) is 11.8 Å². The van der Waals surface area contributed by atoms with Gasteiger partial charge in [0.1, 0.15) is 0 Å². The van der Waals surface area contributed by atoms with Gasteiger partial charge in [0.05, 0.1) is 0 Å². The van der Waals surface area contributed by atoms with Crippen molar-refractivity contribution in [1.29, 1.82) is 0 Å². The Morgan fingerprint density at radius 3 is 2.37 bits per heavy atom. The molecule has 2 aliphatic carbocycles. The van der Waals surface area contributed by atoms with Gasteiger partial charge in [-0.15, -0.1) is 12.4 Å². The van der Waals surface area contributed by atoms with Gasteiger partial charge in [-0.05, 0) is 43.1 Å². The monoisotopic (exact) mass is 393 g/mol. The van der Waals surface area contributed by atoms with Crippen LogP contribution in [0.2, 0.25) is 0 Å². The van der Waals surface area contributed by atoms with Crippen LogP contribution < -0.4 is 11.1 Å². The van der Waals surface area contributed by atoms with E-state index in [9.17, 15) is 9.59 Å². The minimum Gasteiger partial charge on any atom is -0.353 e. The van der Waals surface area contributed by atoms with E-state index in [4.69, 9.17) is 5.73 Å². The van der Waals surface area contributed by atoms with E-state index in [0.29, 0.717) is 31.3 Å². The van der Waals surface area contributed by atoms with Crippen molar-refractivity contribution in [2.45, 2.75) is 64.1 Å². The molecular formula is C21H32ClN3O2. The number of rotatable bonds is 6. The molecule has 0 radical (unpaired) electrons. The van der Waals surface area contributed by atoms with Crippen LogP contribution in [0.3, 0.4) is 0 Å². The molecule has 1 aromatic rings. The first kappa shape index (κ1) is 21.7. The highest BCUT2D eigenvalue weighted by atomic mass is 35.5. The molecule has 2 aliphatic rings. The molecular weight excluding hydrogens is 362 g/mol. The third-order valence-corrected chi connectivity index (χ3v) is 5.97. The highest BCUT2D eigenvalue weighted by Gasteiger charge is 2.39. The summed E-state index contributed by atoms with van der Waals surface area (Å²) in [5, 5.41) is 3.27. The van der Waals surface area contributed by atoms with Crippen molar-refractivity contribution in [2.24, 2.45) is 17.6 Å². The first-order valence-electron chi connectivity index (χ1n) is 9.87. The summed E-state index contributed by atoms with van der Waals surface area (Å²) in [6, 6.07) is 10.5. The molecule has 0 spiro atoms. The molecule has 0 heterocycles. The molecule has 2 fully saturated rings. The fourth-order valence-corrected chi connectivity index (χ4v) is 4.67. The Balaban J connectivity index is 0.00000261. The van der Waals surface area contributed by atoms with Crippen LogP contribution in [-0.2, 0) is 16.1 Å². The lowest BCUT2D eigenvalue weighted by Crippen LogP contribution is -2.54. The van der Waals surface area contributed by atoms with Crippen molar-refractivity contribution in [1.82, 2.24) is 10.2 Å². The average Bonchev–Trinajstić information content (AvgIpc) is 2.60. The Hall–Kier alpha value is -1.59. The van der Waals surface area contributed by atoms with Gasteiger partial charge in [-0.1, -0.05) is 36.8 Å². The Kier molecular flexibility index (Phi) is 8.11. The highest BCUT2D eigenvalue weighted by Crippen LogP contribution is 2.39. The molecule has 27 heavy (non-hydrogen) atoms. The minimum atomic E-state index is 0. The molecule has 2 atom stereocenters. The maximum atomic E-state index is 12.5. The molecule has 0 aliphatic heterocycles. The lowest BCUT2D eigenvalue weighted by molar-refractivity contribution is -0.130. The molecule has 150 valence electrons. The number of benzene rings is 1. The number of hydrogen-bond acceptors (Lipinski definition) is 3. The molecule has 3 rings (SSSR count). The summed E-state index contributed by atoms with van der Waals surface area (Å²) in [6.45, 7) is 2.57. The molecule has 3 N–H and O–H groups in total. The van der Waals surface area contributed by atoms with E-state index < -0.39 is 0 Å². The second-order valence-electron chi connectivity index (χ2n) is 7.95. The third kappa shape index (κ3) is 5.94. The summed E-state index contributed by atoms with van der Waals surface area (Å²) in [5.41, 5.74) is 7.25. The standard InChI is InChI=1S/C21H31N3O2.ClH/c1-15(25)24(14-16-6-3-2-4-7-16)11-10-20(26)23-21-17-8-5-9-18(21)13-19(22)12-17;/h2-4,6-7,17-19,21H,5,8-14,22H2,1H3,(H,23,26);1H. The zero-order valence-corrected chi connectivity index (χ0v) is 16.9. The SMILES string of the molecule is CC(=O)N(CCC(=O)NC1C2CCCC1CC(N)C2)Cc1ccccc1.Cl. The average molecular weight is 394 g/mol. The van der Waals surface area contributed by atoms with Gasteiger partial charge in [0.25, 0.3) is 0 Å². The molecule has 0 aromatic heterocycles. The molecule has 2 saturated carbocycles. The van der Waals surface area contributed by atoms with E-state index in [2.05, 4.69) is 5.32 Å². The Morgan fingerprint density at radius 2 is 1.78 bits per heavy atom. The zero-order chi connectivity index (χ0) is 18.5. The van der Waals surface area contributed by atoms with Crippen LogP contribution >= 0.6 is 12.4 Å². The lowest BCUT2D eigenvalue weighted by atomic mass is 9.67. The number of amides is 2. The molecule has 2 unspecified atom stereocenters. The fraction of sp³-hybridized carbons (Fsp3) is 0.619. The van der Waals surface area contributed by atoms with E-state index in [1.807, 2.05) is 30.3 Å². The number of nitrogens with one attached hydrogen (secondary N) is 1. The van der Waals surface area contributed by atoms with Gasteiger partial charge in [0.2, 0.25) is 11.8 Å². The van der Waals surface area contributed by atoms with Gasteiger partial charge in [-0.25, -0.2) is 0 Å². The number of halogens is 1. The number of carbonyl (C=O) groups excluding carboxylic acids is 2. The summed E-state index contributed by atoms with van der Waals surface area (Å²) >= 11 is 0. The van der Waals surface area contributed by atoms with Crippen molar-refractivity contribution in [3.8, 4) is 0 Å². The first-order chi connectivity index (χ1) is 12.5. The van der Waals surface area contributed by atoms with Crippen LogP contribution in [0, 0.1) is 11.8 Å². The van der Waals surface area contributed by atoms with Gasteiger partial charge in [0.15, 0.2) is 0 Å². The van der Waals surface area contributed by atoms with Gasteiger partial charge in [-0.2, -0.15) is 0 Å². The van der Waals surface area contributed by atoms with Crippen molar-refractivity contribution in [3.63, 3.8) is 0 Å². The van der Waals surface area contributed by atoms with Crippen molar-refractivity contribution >= 4 is 24.2 Å². The number of nitrogens with zero attached hydrogens (tertiary/aromatic N) is 1. The molecule has 1 aromatic carbocycles. The lowest BCUT2D eigenvalue weighted by Gasteiger charge is -2.45. The highest BCUT2D eigenvalue weighted by molar-refractivity contribution is 5.85. The Labute approximate surface area is 168 Å². The molecule has 0 saturated heterocycles. The van der Waals surface area contributed by atoms with Crippen LogP contribution in [0.4, 0.5) is 0 Å². The summed E-state index contributed by atoms with van der Waals surface area (Å²) in [5.74, 6) is 1.10. The van der Waals surface area contributed by atoms with Gasteiger partial charge < -0.3 is 16.0 Å². The topological polar surface area (TPSA) is 75.4 Å². The summed E-state index contributed by atoms with van der Waals surface area (Å²) in [7, 11) is 0. The van der Waals surface area contributed by atoms with E-state index in [0.717, 1.165) is 18.4 Å². The van der Waals surface area contributed by atoms with Crippen LogP contribution in [0.25, 0.3) is 0 Å². The molecule has 5 nitrogen and oxygen atoms in total. The predicted molar refractivity (Wildman–Crippen MR) is 109 cm³/mol. The normalized spacial score (nSPS) is 26.6. The van der Waals surface area contributed by atoms with Crippen LogP contribution in [0.15, 0.2) is 30.3 Å². The summed E-state index contributed by atoms with van der Waals surface area (Å²) in [4.78, 5) is 26.2. The zero-order valence-electron chi connectivity index (χ0n) is 16.1. The van der Waals surface area contributed by atoms with E-state index in [1.165, 1.54) is 19.3 Å². The maximum absolute atomic E-state index is 12.5. The minimum absolute atomic E-state index is 0. The van der Waals surface area contributed by atoms with Crippen LogP contribution in [0.1, 0.15) is 51.0 Å². The predicted octanol–water partition coefficient (Wildman–Crippen LogP) is 2.87. The van der Waals surface area contributed by atoms with Gasteiger partial charge >= 0.3 is 0 Å². The maximum Gasteiger partial charge on any atom is 0.222 e. The largest absolute Gasteiger partial charge is 0.353 e. The fourth-order valence-electron chi connectivity index (χ4n) is 4.67. The Bertz CT molecular complexity index is 611. The van der Waals surface area contributed by atoms with Crippen LogP contribution in [-0.4, -0.2) is 35.3 Å². The van der Waals surface area contributed by atoms with Gasteiger partial charge in [0, 0.05) is 38.5 Å². The van der Waals surface area contributed by atoms with Crippen LogP contribution in [0.5, 0.6) is 0 Å². The first-order valence-corrected chi connectivity index (χ1v) is 9.87. The van der Waals surface area contributed by atoms with Crippen molar-refractivity contribution < 1.29 is 9.59 Å². The van der Waals surface area contributed by atoms with E-state index in [-0.39, 0.29) is 36.3 Å².